The Kier molecular flexibility index (Phi) is 3.87. The molecule has 1 aromatic carbocycles. The molecule has 1 aliphatic rings. The molecule has 0 radical (unpaired) electrons. The molecule has 1 saturated heterocycles. The number of rotatable bonds is 2. The van der Waals surface area contributed by atoms with E-state index in [1.54, 1.807) is 7.05 Å². The highest BCUT2D eigenvalue weighted by Crippen LogP contribution is 2.21. The van der Waals surface area contributed by atoms with Gasteiger partial charge >= 0.3 is 0 Å². The monoisotopic (exact) mass is 283 g/mol. The van der Waals surface area contributed by atoms with E-state index < -0.39 is 17.5 Å². The molecule has 1 aliphatic heterocycles. The van der Waals surface area contributed by atoms with Crippen LogP contribution in [0.5, 0.6) is 0 Å². The van der Waals surface area contributed by atoms with E-state index in [-0.39, 0.29) is 23.7 Å². The standard InChI is InChI=1S/C13H15F2N3O2/c1-16-12-9(14)5-8(6-10(12)15)13(20)18-4-3-17(2)11(19)7-18/h5-6,16H,3-4,7H2,1-2H3. The van der Waals surface area contributed by atoms with Gasteiger partial charge in [-0.25, -0.2) is 8.78 Å². The second kappa shape index (κ2) is 5.44. The van der Waals surface area contributed by atoms with Crippen molar-refractivity contribution in [2.45, 2.75) is 0 Å². The van der Waals surface area contributed by atoms with E-state index in [0.717, 1.165) is 12.1 Å². The topological polar surface area (TPSA) is 52.7 Å². The molecule has 0 unspecified atom stereocenters. The number of nitrogens with one attached hydrogen (secondary N) is 1. The molecule has 0 spiro atoms. The second-order valence-electron chi connectivity index (χ2n) is 4.61. The Morgan fingerprint density at radius 3 is 2.35 bits per heavy atom. The highest BCUT2D eigenvalue weighted by Gasteiger charge is 2.26. The van der Waals surface area contributed by atoms with Crippen molar-refractivity contribution in [2.75, 3.05) is 39.0 Å². The summed E-state index contributed by atoms with van der Waals surface area (Å²) in [5.74, 6) is -2.42. The van der Waals surface area contributed by atoms with E-state index in [1.165, 1.54) is 16.8 Å². The van der Waals surface area contributed by atoms with Gasteiger partial charge in [-0.1, -0.05) is 0 Å². The molecule has 0 bridgehead atoms. The normalized spacial score (nSPS) is 15.5. The van der Waals surface area contributed by atoms with Gasteiger partial charge in [-0.15, -0.1) is 0 Å². The van der Waals surface area contributed by atoms with E-state index in [9.17, 15) is 18.4 Å². The van der Waals surface area contributed by atoms with Crippen LogP contribution in [-0.2, 0) is 4.79 Å². The maximum atomic E-state index is 13.6. The summed E-state index contributed by atoms with van der Waals surface area (Å²) in [5.41, 5.74) is -0.382. The third kappa shape index (κ3) is 2.56. The van der Waals surface area contributed by atoms with Crippen molar-refractivity contribution >= 4 is 17.5 Å². The first-order valence-corrected chi connectivity index (χ1v) is 6.14. The third-order valence-corrected chi connectivity index (χ3v) is 3.28. The molecule has 2 amide bonds. The van der Waals surface area contributed by atoms with Gasteiger partial charge in [-0.3, -0.25) is 9.59 Å². The lowest BCUT2D eigenvalue weighted by Crippen LogP contribution is -2.50. The van der Waals surface area contributed by atoms with Crippen LogP contribution < -0.4 is 5.32 Å². The molecule has 1 heterocycles. The van der Waals surface area contributed by atoms with Gasteiger partial charge < -0.3 is 15.1 Å². The third-order valence-electron chi connectivity index (χ3n) is 3.28. The number of carbonyl (C=O) groups excluding carboxylic acids is 2. The van der Waals surface area contributed by atoms with Gasteiger partial charge in [0, 0.05) is 32.7 Å². The van der Waals surface area contributed by atoms with Crippen LogP contribution in [0.15, 0.2) is 12.1 Å². The molecule has 108 valence electrons. The summed E-state index contributed by atoms with van der Waals surface area (Å²) in [6.45, 7) is 0.675. The average molecular weight is 283 g/mol. The molecule has 0 saturated carbocycles. The van der Waals surface area contributed by atoms with Crippen LogP contribution in [0.4, 0.5) is 14.5 Å². The smallest absolute Gasteiger partial charge is 0.254 e. The Balaban J connectivity index is 2.24. The van der Waals surface area contributed by atoms with Crippen LogP contribution in [0.3, 0.4) is 0 Å². The molecule has 1 aromatic rings. The van der Waals surface area contributed by atoms with Crippen molar-refractivity contribution < 1.29 is 18.4 Å². The summed E-state index contributed by atoms with van der Waals surface area (Å²) in [6, 6.07) is 1.94. The molecule has 1 N–H and O–H groups in total. The molecule has 7 heteroatoms. The van der Waals surface area contributed by atoms with Crippen LogP contribution in [0.1, 0.15) is 10.4 Å². The number of nitrogens with zero attached hydrogens (tertiary/aromatic N) is 2. The van der Waals surface area contributed by atoms with Crippen molar-refractivity contribution in [2.24, 2.45) is 0 Å². The van der Waals surface area contributed by atoms with Crippen molar-refractivity contribution in [1.82, 2.24) is 9.80 Å². The largest absolute Gasteiger partial charge is 0.383 e. The van der Waals surface area contributed by atoms with E-state index in [4.69, 9.17) is 0 Å². The Morgan fingerprint density at radius 1 is 1.25 bits per heavy atom. The lowest BCUT2D eigenvalue weighted by molar-refractivity contribution is -0.133. The van der Waals surface area contributed by atoms with E-state index >= 15 is 0 Å². The number of piperazine rings is 1. The molecule has 2 rings (SSSR count). The predicted molar refractivity (Wildman–Crippen MR) is 69.4 cm³/mol. The number of hydrogen-bond donors (Lipinski definition) is 1. The van der Waals surface area contributed by atoms with E-state index in [2.05, 4.69) is 5.32 Å². The number of amides is 2. The van der Waals surface area contributed by atoms with Crippen LogP contribution in [0, 0.1) is 11.6 Å². The Labute approximate surface area is 115 Å². The number of benzene rings is 1. The quantitative estimate of drug-likeness (QED) is 0.878. The average Bonchev–Trinajstić information content (AvgIpc) is 2.40. The summed E-state index contributed by atoms with van der Waals surface area (Å²) in [4.78, 5) is 26.5. The Morgan fingerprint density at radius 2 is 1.85 bits per heavy atom. The zero-order chi connectivity index (χ0) is 14.9. The number of carbonyl (C=O) groups is 2. The van der Waals surface area contributed by atoms with E-state index in [0.29, 0.717) is 13.1 Å². The summed E-state index contributed by atoms with van der Waals surface area (Å²) >= 11 is 0. The first kappa shape index (κ1) is 14.2. The van der Waals surface area contributed by atoms with Crippen LogP contribution in [-0.4, -0.2) is 55.3 Å². The maximum absolute atomic E-state index is 13.6. The lowest BCUT2D eigenvalue weighted by atomic mass is 10.1. The van der Waals surface area contributed by atoms with E-state index in [1.807, 2.05) is 0 Å². The van der Waals surface area contributed by atoms with Crippen LogP contribution in [0.2, 0.25) is 0 Å². The van der Waals surface area contributed by atoms with Gasteiger partial charge in [0.15, 0.2) is 0 Å². The molecule has 0 aliphatic carbocycles. The molecule has 0 atom stereocenters. The van der Waals surface area contributed by atoms with Crippen LogP contribution >= 0.6 is 0 Å². The van der Waals surface area contributed by atoms with Gasteiger partial charge in [-0.2, -0.15) is 0 Å². The van der Waals surface area contributed by atoms with Crippen molar-refractivity contribution in [3.05, 3.63) is 29.3 Å². The SMILES string of the molecule is CNc1c(F)cc(C(=O)N2CCN(C)C(=O)C2)cc1F. The summed E-state index contributed by atoms with van der Waals surface area (Å²) < 4.78 is 27.3. The number of likely N-dealkylation sites (N-methyl/N-ethyl adjacent to an activating group) is 1. The van der Waals surface area contributed by atoms with Gasteiger partial charge in [0.2, 0.25) is 5.91 Å². The molecule has 5 nitrogen and oxygen atoms in total. The highest BCUT2D eigenvalue weighted by molar-refractivity contribution is 5.97. The minimum absolute atomic E-state index is 0.0770. The minimum Gasteiger partial charge on any atom is -0.383 e. The fraction of sp³-hybridized carbons (Fsp3) is 0.385. The first-order valence-electron chi connectivity index (χ1n) is 6.14. The molecular formula is C13H15F2N3O2. The predicted octanol–water partition coefficient (Wildman–Crippen LogP) is 0.921. The zero-order valence-corrected chi connectivity index (χ0v) is 11.2. The summed E-state index contributed by atoms with van der Waals surface area (Å²) in [6.07, 6.45) is 0. The van der Waals surface area contributed by atoms with Gasteiger partial charge in [0.1, 0.15) is 23.9 Å². The highest BCUT2D eigenvalue weighted by atomic mass is 19.1. The fourth-order valence-corrected chi connectivity index (χ4v) is 2.05. The molecule has 20 heavy (non-hydrogen) atoms. The second-order valence-corrected chi connectivity index (χ2v) is 4.61. The Bertz CT molecular complexity index is 540. The van der Waals surface area contributed by atoms with Crippen LogP contribution in [0.25, 0.3) is 0 Å². The van der Waals surface area contributed by atoms with Gasteiger partial charge in [0.05, 0.1) is 0 Å². The molecule has 0 aromatic heterocycles. The van der Waals surface area contributed by atoms with Gasteiger partial charge in [0.25, 0.3) is 5.91 Å². The fourth-order valence-electron chi connectivity index (χ4n) is 2.05. The van der Waals surface area contributed by atoms with Crippen molar-refractivity contribution in [3.63, 3.8) is 0 Å². The van der Waals surface area contributed by atoms with Gasteiger partial charge in [-0.05, 0) is 12.1 Å². The zero-order valence-electron chi connectivity index (χ0n) is 11.2. The lowest BCUT2D eigenvalue weighted by Gasteiger charge is -2.32. The molecule has 1 fully saturated rings. The van der Waals surface area contributed by atoms with Crippen molar-refractivity contribution in [3.8, 4) is 0 Å². The first-order chi connectivity index (χ1) is 9.43. The summed E-state index contributed by atoms with van der Waals surface area (Å²) in [7, 11) is 3.04. The van der Waals surface area contributed by atoms with Crippen molar-refractivity contribution in [1.29, 1.82) is 0 Å². The molecular weight excluding hydrogens is 268 g/mol. The minimum atomic E-state index is -0.837. The Hall–Kier alpha value is -2.18. The summed E-state index contributed by atoms with van der Waals surface area (Å²) in [5, 5.41) is 2.39. The number of hydrogen-bond acceptors (Lipinski definition) is 3. The number of halogens is 2. The maximum Gasteiger partial charge on any atom is 0.254 e. The number of anilines is 1.